The van der Waals surface area contributed by atoms with Crippen molar-refractivity contribution in [2.75, 3.05) is 50.1 Å². The third-order valence-corrected chi connectivity index (χ3v) is 8.06. The van der Waals surface area contributed by atoms with Crippen LogP contribution in [0.25, 0.3) is 0 Å². The van der Waals surface area contributed by atoms with Crippen LogP contribution in [0.15, 0.2) is 72.8 Å². The third kappa shape index (κ3) is 7.26. The van der Waals surface area contributed by atoms with E-state index in [1.807, 2.05) is 29.2 Å². The molecule has 42 heavy (non-hydrogen) atoms. The molecule has 1 saturated heterocycles. The number of hydrogen-bond acceptors (Lipinski definition) is 5. The number of amides is 3. The Morgan fingerprint density at radius 3 is 2.14 bits per heavy atom. The predicted molar refractivity (Wildman–Crippen MR) is 160 cm³/mol. The van der Waals surface area contributed by atoms with E-state index in [1.54, 1.807) is 48.4 Å². The van der Waals surface area contributed by atoms with E-state index >= 15 is 0 Å². The Hall–Kier alpha value is -4.40. The number of nitrogens with zero attached hydrogens (tertiary/aromatic N) is 3. The van der Waals surface area contributed by atoms with Crippen molar-refractivity contribution in [3.05, 3.63) is 89.7 Å². The second-order valence-electron chi connectivity index (χ2n) is 10.9. The maximum absolute atomic E-state index is 13.4. The van der Waals surface area contributed by atoms with Crippen molar-refractivity contribution in [1.82, 2.24) is 9.80 Å². The minimum atomic E-state index is -0.336. The number of halogens is 1. The Morgan fingerprint density at radius 1 is 0.881 bits per heavy atom. The van der Waals surface area contributed by atoms with Crippen molar-refractivity contribution in [3.8, 4) is 5.75 Å². The molecule has 8 nitrogen and oxygen atoms in total. The molecule has 9 heteroatoms. The highest BCUT2D eigenvalue weighted by Gasteiger charge is 2.29. The van der Waals surface area contributed by atoms with E-state index in [-0.39, 0.29) is 42.5 Å². The van der Waals surface area contributed by atoms with Crippen LogP contribution in [-0.4, -0.2) is 67.4 Å². The molecule has 3 amide bonds. The van der Waals surface area contributed by atoms with Gasteiger partial charge in [0.2, 0.25) is 11.8 Å². The number of hydrogen-bond donors (Lipinski definition) is 1. The average molecular weight is 573 g/mol. The number of carbonyl (C=O) groups excluding carboxylic acids is 3. The quantitative estimate of drug-likeness (QED) is 0.392. The van der Waals surface area contributed by atoms with Crippen molar-refractivity contribution in [2.24, 2.45) is 5.92 Å². The first-order chi connectivity index (χ1) is 20.4. The smallest absolute Gasteiger partial charge is 0.253 e. The van der Waals surface area contributed by atoms with Gasteiger partial charge in [0, 0.05) is 55.6 Å². The van der Waals surface area contributed by atoms with E-state index in [9.17, 15) is 18.8 Å². The minimum Gasteiger partial charge on any atom is -0.497 e. The lowest BCUT2D eigenvalue weighted by molar-refractivity contribution is -0.138. The van der Waals surface area contributed by atoms with Crippen LogP contribution in [0, 0.1) is 11.7 Å². The molecule has 1 aliphatic carbocycles. The SMILES string of the molecule is COc1ccc(C(=O)N2CCN(c3ccc(NC(=O)CN(Cc4ccc(F)cc4)C(=O)C4CCCC4)cc3)CC2)cc1. The van der Waals surface area contributed by atoms with Crippen LogP contribution in [-0.2, 0) is 16.1 Å². The zero-order chi connectivity index (χ0) is 29.5. The van der Waals surface area contributed by atoms with Crippen LogP contribution >= 0.6 is 0 Å². The Balaban J connectivity index is 1.15. The highest BCUT2D eigenvalue weighted by molar-refractivity contribution is 5.95. The van der Waals surface area contributed by atoms with Crippen LogP contribution < -0.4 is 15.0 Å². The van der Waals surface area contributed by atoms with Gasteiger partial charge in [0.15, 0.2) is 0 Å². The lowest BCUT2D eigenvalue weighted by Gasteiger charge is -2.36. The van der Waals surface area contributed by atoms with Crippen molar-refractivity contribution >= 4 is 29.1 Å². The number of carbonyl (C=O) groups is 3. The molecule has 1 heterocycles. The summed E-state index contributed by atoms with van der Waals surface area (Å²) in [7, 11) is 1.60. The molecule has 0 bridgehead atoms. The van der Waals surface area contributed by atoms with Gasteiger partial charge in [-0.1, -0.05) is 25.0 Å². The van der Waals surface area contributed by atoms with E-state index in [0.717, 1.165) is 42.7 Å². The number of ether oxygens (including phenoxy) is 1. The van der Waals surface area contributed by atoms with Gasteiger partial charge in [0.05, 0.1) is 7.11 Å². The van der Waals surface area contributed by atoms with Gasteiger partial charge >= 0.3 is 0 Å². The maximum Gasteiger partial charge on any atom is 0.253 e. The summed E-state index contributed by atoms with van der Waals surface area (Å²) in [4.78, 5) is 44.8. The molecule has 0 spiro atoms. The molecule has 0 radical (unpaired) electrons. The zero-order valence-corrected chi connectivity index (χ0v) is 23.9. The fraction of sp³-hybridized carbons (Fsp3) is 0.364. The number of anilines is 2. The zero-order valence-electron chi connectivity index (χ0n) is 23.9. The fourth-order valence-electron chi connectivity index (χ4n) is 5.67. The van der Waals surface area contributed by atoms with E-state index in [0.29, 0.717) is 37.4 Å². The number of benzene rings is 3. The van der Waals surface area contributed by atoms with Crippen molar-refractivity contribution < 1.29 is 23.5 Å². The molecule has 2 fully saturated rings. The van der Waals surface area contributed by atoms with Gasteiger partial charge in [-0.2, -0.15) is 0 Å². The lowest BCUT2D eigenvalue weighted by atomic mass is 10.1. The Bertz CT molecular complexity index is 1360. The number of methoxy groups -OCH3 is 1. The first-order valence-corrected chi connectivity index (χ1v) is 14.5. The molecule has 0 atom stereocenters. The molecule has 2 aliphatic rings. The molecular weight excluding hydrogens is 535 g/mol. The van der Waals surface area contributed by atoms with Crippen molar-refractivity contribution in [3.63, 3.8) is 0 Å². The van der Waals surface area contributed by atoms with Gasteiger partial charge in [-0.15, -0.1) is 0 Å². The Kier molecular flexibility index (Phi) is 9.36. The molecule has 0 aromatic heterocycles. The van der Waals surface area contributed by atoms with Gasteiger partial charge in [-0.05, 0) is 79.1 Å². The second-order valence-corrected chi connectivity index (χ2v) is 10.9. The topological polar surface area (TPSA) is 82.2 Å². The summed E-state index contributed by atoms with van der Waals surface area (Å²) in [5, 5.41) is 2.92. The Labute approximate surface area is 246 Å². The number of nitrogens with one attached hydrogen (secondary N) is 1. The second kappa shape index (κ2) is 13.5. The van der Waals surface area contributed by atoms with Gasteiger partial charge in [0.25, 0.3) is 5.91 Å². The van der Waals surface area contributed by atoms with Crippen LogP contribution in [0.5, 0.6) is 5.75 Å². The summed E-state index contributed by atoms with van der Waals surface area (Å²) < 4.78 is 18.6. The van der Waals surface area contributed by atoms with E-state index in [4.69, 9.17) is 4.74 Å². The molecular formula is C33H37FN4O4. The highest BCUT2D eigenvalue weighted by atomic mass is 19.1. The summed E-state index contributed by atoms with van der Waals surface area (Å²) >= 11 is 0. The highest BCUT2D eigenvalue weighted by Crippen LogP contribution is 2.27. The molecule has 5 rings (SSSR count). The first-order valence-electron chi connectivity index (χ1n) is 14.5. The molecule has 1 N–H and O–H groups in total. The lowest BCUT2D eigenvalue weighted by Crippen LogP contribution is -2.48. The molecule has 0 unspecified atom stereocenters. The van der Waals surface area contributed by atoms with Gasteiger partial charge in [0.1, 0.15) is 18.1 Å². The number of piperazine rings is 1. The fourth-order valence-corrected chi connectivity index (χ4v) is 5.67. The minimum absolute atomic E-state index is 0.00949. The normalized spacial score (nSPS) is 15.4. The van der Waals surface area contributed by atoms with Gasteiger partial charge in [-0.3, -0.25) is 14.4 Å². The monoisotopic (exact) mass is 572 g/mol. The summed E-state index contributed by atoms with van der Waals surface area (Å²) in [6.07, 6.45) is 3.72. The summed E-state index contributed by atoms with van der Waals surface area (Å²) in [5.74, 6) is 0.0296. The third-order valence-electron chi connectivity index (χ3n) is 8.06. The van der Waals surface area contributed by atoms with Crippen molar-refractivity contribution in [1.29, 1.82) is 0 Å². The molecule has 3 aromatic rings. The summed E-state index contributed by atoms with van der Waals surface area (Å²) in [5.41, 5.74) is 3.09. The largest absolute Gasteiger partial charge is 0.497 e. The van der Waals surface area contributed by atoms with Crippen molar-refractivity contribution in [2.45, 2.75) is 32.2 Å². The molecule has 3 aromatic carbocycles. The van der Waals surface area contributed by atoms with E-state index in [1.165, 1.54) is 12.1 Å². The van der Waals surface area contributed by atoms with Crippen LogP contribution in [0.4, 0.5) is 15.8 Å². The maximum atomic E-state index is 13.4. The van der Waals surface area contributed by atoms with Gasteiger partial charge < -0.3 is 24.8 Å². The van der Waals surface area contributed by atoms with E-state index < -0.39 is 0 Å². The Morgan fingerprint density at radius 2 is 1.52 bits per heavy atom. The number of rotatable bonds is 9. The molecule has 1 aliphatic heterocycles. The van der Waals surface area contributed by atoms with Gasteiger partial charge in [-0.25, -0.2) is 4.39 Å². The summed E-state index contributed by atoms with van der Waals surface area (Å²) in [6, 6.07) is 20.8. The molecule has 220 valence electrons. The van der Waals surface area contributed by atoms with Crippen LogP contribution in [0.1, 0.15) is 41.6 Å². The predicted octanol–water partition coefficient (Wildman–Crippen LogP) is 4.95. The van der Waals surface area contributed by atoms with Crippen LogP contribution in [0.3, 0.4) is 0 Å². The standard InChI is InChI=1S/C33H37FN4O4/c1-42-30-16-8-26(9-17-30)32(40)37-20-18-36(19-21-37)29-14-12-28(13-15-29)35-31(39)23-38(33(41)25-4-2-3-5-25)22-24-6-10-27(34)11-7-24/h6-17,25H,2-5,18-23H2,1H3,(H,35,39). The van der Waals surface area contributed by atoms with Crippen LogP contribution in [0.2, 0.25) is 0 Å². The van der Waals surface area contributed by atoms with E-state index in [2.05, 4.69) is 10.2 Å². The first kappa shape index (κ1) is 29.1. The summed E-state index contributed by atoms with van der Waals surface area (Å²) in [6.45, 7) is 2.82. The molecule has 1 saturated carbocycles. The average Bonchev–Trinajstić information content (AvgIpc) is 3.57.